The van der Waals surface area contributed by atoms with Gasteiger partial charge in [-0.15, -0.1) is 11.6 Å². The maximum absolute atomic E-state index is 11.8. The van der Waals surface area contributed by atoms with E-state index < -0.39 is 5.38 Å². The number of ketones is 1. The zero-order valence-corrected chi connectivity index (χ0v) is 10.4. The molecule has 0 saturated heterocycles. The monoisotopic (exact) mass is 242 g/mol. The molecule has 1 atom stereocenters. The summed E-state index contributed by atoms with van der Waals surface area (Å²) in [6, 6.07) is 5.03. The van der Waals surface area contributed by atoms with E-state index in [9.17, 15) is 4.79 Å². The highest BCUT2D eigenvalue weighted by Gasteiger charge is 2.17. The largest absolute Gasteiger partial charge is 0.493 e. The number of benzene rings is 1. The molecule has 0 amide bonds. The Morgan fingerprint density at radius 3 is 2.44 bits per heavy atom. The first-order valence-electron chi connectivity index (χ1n) is 5.04. The Balaban J connectivity index is 3.03. The molecule has 1 aromatic rings. The molecule has 0 aliphatic heterocycles. The molecule has 16 heavy (non-hydrogen) atoms. The normalized spacial score (nSPS) is 12.0. The van der Waals surface area contributed by atoms with Gasteiger partial charge in [-0.3, -0.25) is 4.79 Å². The summed E-state index contributed by atoms with van der Waals surface area (Å²) in [6.07, 6.45) is 0.606. The lowest BCUT2D eigenvalue weighted by Gasteiger charge is -2.10. The lowest BCUT2D eigenvalue weighted by molar-refractivity contribution is 0.0985. The number of hydrogen-bond donors (Lipinski definition) is 0. The van der Waals surface area contributed by atoms with Crippen LogP contribution in [-0.2, 0) is 0 Å². The van der Waals surface area contributed by atoms with Crippen LogP contribution in [0.3, 0.4) is 0 Å². The highest BCUT2D eigenvalue weighted by molar-refractivity contribution is 6.33. The fourth-order valence-corrected chi connectivity index (χ4v) is 1.48. The average molecular weight is 243 g/mol. The van der Waals surface area contributed by atoms with Gasteiger partial charge in [0.2, 0.25) is 0 Å². The second-order valence-corrected chi connectivity index (χ2v) is 3.84. The van der Waals surface area contributed by atoms with E-state index in [1.807, 2.05) is 6.92 Å². The summed E-state index contributed by atoms with van der Waals surface area (Å²) in [5.41, 5.74) is 0.541. The van der Waals surface area contributed by atoms with E-state index in [0.29, 0.717) is 23.5 Å². The molecule has 0 fully saturated rings. The van der Waals surface area contributed by atoms with Crippen LogP contribution in [-0.4, -0.2) is 25.4 Å². The molecule has 4 heteroatoms. The Morgan fingerprint density at radius 2 is 1.94 bits per heavy atom. The van der Waals surface area contributed by atoms with Crippen molar-refractivity contribution >= 4 is 17.4 Å². The highest BCUT2D eigenvalue weighted by atomic mass is 35.5. The number of ether oxygens (including phenoxy) is 2. The maximum Gasteiger partial charge on any atom is 0.180 e. The number of methoxy groups -OCH3 is 2. The Hall–Kier alpha value is -1.22. The number of carbonyl (C=O) groups is 1. The summed E-state index contributed by atoms with van der Waals surface area (Å²) >= 11 is 5.90. The van der Waals surface area contributed by atoms with Crippen LogP contribution in [0.5, 0.6) is 11.5 Å². The van der Waals surface area contributed by atoms with Gasteiger partial charge in [-0.05, 0) is 24.6 Å². The lowest BCUT2D eigenvalue weighted by Crippen LogP contribution is -2.13. The van der Waals surface area contributed by atoms with Gasteiger partial charge in [0.05, 0.1) is 19.6 Å². The molecular weight excluding hydrogens is 228 g/mol. The van der Waals surface area contributed by atoms with Gasteiger partial charge in [-0.1, -0.05) is 6.92 Å². The van der Waals surface area contributed by atoms with Gasteiger partial charge in [0, 0.05) is 5.56 Å². The predicted molar refractivity (Wildman–Crippen MR) is 63.8 cm³/mol. The van der Waals surface area contributed by atoms with Gasteiger partial charge in [0.1, 0.15) is 0 Å². The summed E-state index contributed by atoms with van der Waals surface area (Å²) in [7, 11) is 3.08. The van der Waals surface area contributed by atoms with Gasteiger partial charge < -0.3 is 9.47 Å². The molecule has 1 unspecified atom stereocenters. The van der Waals surface area contributed by atoms with Crippen molar-refractivity contribution < 1.29 is 14.3 Å². The fraction of sp³-hybridized carbons (Fsp3) is 0.417. The van der Waals surface area contributed by atoms with Gasteiger partial charge in [0.15, 0.2) is 17.3 Å². The number of rotatable bonds is 5. The van der Waals surface area contributed by atoms with E-state index in [2.05, 4.69) is 0 Å². The summed E-state index contributed by atoms with van der Waals surface area (Å²) in [4.78, 5) is 11.8. The third-order valence-corrected chi connectivity index (χ3v) is 2.82. The van der Waals surface area contributed by atoms with Crippen LogP contribution < -0.4 is 9.47 Å². The van der Waals surface area contributed by atoms with Crippen LogP contribution in [0.15, 0.2) is 18.2 Å². The maximum atomic E-state index is 11.8. The van der Waals surface area contributed by atoms with Crippen molar-refractivity contribution in [3.63, 3.8) is 0 Å². The van der Waals surface area contributed by atoms with E-state index in [1.54, 1.807) is 25.3 Å². The zero-order valence-electron chi connectivity index (χ0n) is 9.62. The summed E-state index contributed by atoms with van der Waals surface area (Å²) in [5.74, 6) is 1.04. The number of Topliss-reactive ketones (excluding diaryl/α,β-unsaturated/α-hetero) is 1. The van der Waals surface area contributed by atoms with E-state index >= 15 is 0 Å². The molecule has 0 heterocycles. The van der Waals surface area contributed by atoms with Crippen LogP contribution >= 0.6 is 11.6 Å². The van der Waals surface area contributed by atoms with Gasteiger partial charge in [0.25, 0.3) is 0 Å². The van der Waals surface area contributed by atoms with E-state index in [0.717, 1.165) is 0 Å². The zero-order chi connectivity index (χ0) is 12.1. The van der Waals surface area contributed by atoms with Gasteiger partial charge in [-0.25, -0.2) is 0 Å². The first-order valence-corrected chi connectivity index (χ1v) is 5.48. The van der Waals surface area contributed by atoms with Crippen molar-refractivity contribution in [2.45, 2.75) is 18.7 Å². The second-order valence-electron chi connectivity index (χ2n) is 3.31. The van der Waals surface area contributed by atoms with Crippen LogP contribution in [0.1, 0.15) is 23.7 Å². The van der Waals surface area contributed by atoms with Crippen LogP contribution in [0.25, 0.3) is 0 Å². The van der Waals surface area contributed by atoms with Crippen molar-refractivity contribution in [3.05, 3.63) is 23.8 Å². The minimum absolute atomic E-state index is 0.0925. The number of alkyl halides is 1. The minimum atomic E-state index is -0.488. The molecule has 0 aliphatic rings. The van der Waals surface area contributed by atoms with Gasteiger partial charge >= 0.3 is 0 Å². The quantitative estimate of drug-likeness (QED) is 0.588. The average Bonchev–Trinajstić information content (AvgIpc) is 2.35. The Morgan fingerprint density at radius 1 is 1.31 bits per heavy atom. The number of hydrogen-bond acceptors (Lipinski definition) is 3. The lowest BCUT2D eigenvalue weighted by atomic mass is 10.1. The molecule has 0 N–H and O–H groups in total. The number of halogens is 1. The summed E-state index contributed by atoms with van der Waals surface area (Å²) < 4.78 is 10.2. The fourth-order valence-electron chi connectivity index (χ4n) is 1.36. The third kappa shape index (κ3) is 2.67. The minimum Gasteiger partial charge on any atom is -0.493 e. The van der Waals surface area contributed by atoms with Crippen molar-refractivity contribution in [1.82, 2.24) is 0 Å². The van der Waals surface area contributed by atoms with Crippen LogP contribution in [0.2, 0.25) is 0 Å². The van der Waals surface area contributed by atoms with Crippen molar-refractivity contribution in [2.75, 3.05) is 14.2 Å². The molecule has 1 rings (SSSR count). The molecule has 0 spiro atoms. The predicted octanol–water partition coefficient (Wildman–Crippen LogP) is 2.90. The topological polar surface area (TPSA) is 35.5 Å². The SMILES string of the molecule is CCC(Cl)C(=O)c1ccc(OC)c(OC)c1. The van der Waals surface area contributed by atoms with Crippen molar-refractivity contribution in [3.8, 4) is 11.5 Å². The van der Waals surface area contributed by atoms with Gasteiger partial charge in [-0.2, -0.15) is 0 Å². The molecule has 1 aromatic carbocycles. The molecule has 0 saturated carbocycles. The van der Waals surface area contributed by atoms with Crippen molar-refractivity contribution in [2.24, 2.45) is 0 Å². The summed E-state index contributed by atoms with van der Waals surface area (Å²) in [5, 5.41) is -0.488. The van der Waals surface area contributed by atoms with E-state index in [-0.39, 0.29) is 5.78 Å². The molecule has 0 bridgehead atoms. The van der Waals surface area contributed by atoms with Crippen LogP contribution in [0.4, 0.5) is 0 Å². The van der Waals surface area contributed by atoms with E-state index in [1.165, 1.54) is 7.11 Å². The number of carbonyl (C=O) groups excluding carboxylic acids is 1. The first kappa shape index (κ1) is 12.8. The van der Waals surface area contributed by atoms with Crippen molar-refractivity contribution in [1.29, 1.82) is 0 Å². The summed E-state index contributed by atoms with van der Waals surface area (Å²) in [6.45, 7) is 1.87. The van der Waals surface area contributed by atoms with E-state index in [4.69, 9.17) is 21.1 Å². The molecular formula is C12H15ClO3. The second kappa shape index (κ2) is 5.75. The Bertz CT molecular complexity index is 377. The Labute approximate surface area is 100 Å². The highest BCUT2D eigenvalue weighted by Crippen LogP contribution is 2.28. The molecule has 0 aromatic heterocycles. The van der Waals surface area contributed by atoms with Crippen LogP contribution in [0, 0.1) is 0 Å². The molecule has 0 radical (unpaired) electrons. The first-order chi connectivity index (χ1) is 7.63. The molecule has 3 nitrogen and oxygen atoms in total. The standard InChI is InChI=1S/C12H15ClO3/c1-4-9(13)12(14)8-5-6-10(15-2)11(7-8)16-3/h5-7,9H,4H2,1-3H3. The molecule has 0 aliphatic carbocycles. The smallest absolute Gasteiger partial charge is 0.180 e. The third-order valence-electron chi connectivity index (χ3n) is 2.31. The Kier molecular flexibility index (Phi) is 4.62. The molecule has 88 valence electrons.